The summed E-state index contributed by atoms with van der Waals surface area (Å²) < 4.78 is 2.71. The minimum absolute atomic E-state index is 0.236. The summed E-state index contributed by atoms with van der Waals surface area (Å²) in [6.45, 7) is 0.489. The zero-order valence-electron chi connectivity index (χ0n) is 12.0. The Morgan fingerprint density at radius 3 is 2.87 bits per heavy atom. The summed E-state index contributed by atoms with van der Waals surface area (Å²) in [5, 5.41) is 10.8. The van der Waals surface area contributed by atoms with Gasteiger partial charge in [0.1, 0.15) is 18.3 Å². The molecule has 0 aliphatic carbocycles. The summed E-state index contributed by atoms with van der Waals surface area (Å²) in [5.74, 6) is 0.171. The molecule has 3 aromatic rings. The van der Waals surface area contributed by atoms with E-state index < -0.39 is 0 Å². The van der Waals surface area contributed by atoms with E-state index in [2.05, 4.69) is 25.5 Å². The van der Waals surface area contributed by atoms with E-state index in [1.54, 1.807) is 30.5 Å². The van der Waals surface area contributed by atoms with Crippen LogP contribution in [0.15, 0.2) is 54.0 Å². The van der Waals surface area contributed by atoms with Crippen LogP contribution in [0.2, 0.25) is 0 Å². The highest BCUT2D eigenvalue weighted by Crippen LogP contribution is 1.97. The van der Waals surface area contributed by atoms with Crippen molar-refractivity contribution in [3.8, 4) is 5.82 Å². The first-order chi connectivity index (χ1) is 11.2. The third-order valence-corrected chi connectivity index (χ3v) is 3.01. The van der Waals surface area contributed by atoms with Crippen LogP contribution in [0, 0.1) is 0 Å². The standard InChI is InChI=1S/C14H13N7O2/c22-13-5-4-12(21-10-15-9-18-21)19-20(13)8-7-17-14(23)11-3-1-2-6-16-11/h1-6,9-10H,7-8H2,(H,17,23). The van der Waals surface area contributed by atoms with Crippen molar-refractivity contribution < 1.29 is 4.79 Å². The Balaban J connectivity index is 1.65. The second-order valence-electron chi connectivity index (χ2n) is 4.56. The molecule has 1 amide bonds. The number of carbonyl (C=O) groups excluding carboxylic acids is 1. The fourth-order valence-electron chi connectivity index (χ4n) is 1.91. The van der Waals surface area contributed by atoms with Gasteiger partial charge in [0.15, 0.2) is 5.82 Å². The lowest BCUT2D eigenvalue weighted by Gasteiger charge is -2.08. The average Bonchev–Trinajstić information content (AvgIpc) is 3.12. The zero-order chi connectivity index (χ0) is 16.1. The molecule has 3 rings (SSSR count). The van der Waals surface area contributed by atoms with Crippen molar-refractivity contribution in [2.75, 3.05) is 6.54 Å². The molecule has 116 valence electrons. The summed E-state index contributed by atoms with van der Waals surface area (Å²) in [6, 6.07) is 8.03. The molecule has 1 N–H and O–H groups in total. The third-order valence-electron chi connectivity index (χ3n) is 3.01. The van der Waals surface area contributed by atoms with Crippen LogP contribution in [-0.4, -0.2) is 42.0 Å². The molecule has 0 saturated heterocycles. The van der Waals surface area contributed by atoms with E-state index in [-0.39, 0.29) is 24.6 Å². The molecule has 3 heterocycles. The predicted octanol–water partition coefficient (Wildman–Crippen LogP) is -0.351. The second kappa shape index (κ2) is 6.60. The van der Waals surface area contributed by atoms with E-state index in [4.69, 9.17) is 0 Å². The fraction of sp³-hybridized carbons (Fsp3) is 0.143. The maximum absolute atomic E-state index is 11.9. The lowest BCUT2D eigenvalue weighted by atomic mass is 10.3. The molecule has 0 radical (unpaired) electrons. The van der Waals surface area contributed by atoms with Crippen molar-refractivity contribution in [2.45, 2.75) is 6.54 Å². The number of aromatic nitrogens is 6. The Morgan fingerprint density at radius 1 is 1.22 bits per heavy atom. The number of amides is 1. The van der Waals surface area contributed by atoms with Crippen LogP contribution >= 0.6 is 0 Å². The van der Waals surface area contributed by atoms with Crippen LogP contribution in [0.25, 0.3) is 5.82 Å². The van der Waals surface area contributed by atoms with Crippen LogP contribution in [0.3, 0.4) is 0 Å². The van der Waals surface area contributed by atoms with Crippen molar-refractivity contribution in [2.24, 2.45) is 0 Å². The van der Waals surface area contributed by atoms with Gasteiger partial charge in [0.25, 0.3) is 11.5 Å². The number of hydrogen-bond acceptors (Lipinski definition) is 6. The molecule has 0 atom stereocenters. The highest BCUT2D eigenvalue weighted by Gasteiger charge is 2.07. The second-order valence-corrected chi connectivity index (χ2v) is 4.56. The van der Waals surface area contributed by atoms with Crippen molar-refractivity contribution >= 4 is 5.91 Å². The van der Waals surface area contributed by atoms with Crippen molar-refractivity contribution in [3.63, 3.8) is 0 Å². The predicted molar refractivity (Wildman–Crippen MR) is 80.0 cm³/mol. The normalized spacial score (nSPS) is 10.4. The minimum Gasteiger partial charge on any atom is -0.349 e. The van der Waals surface area contributed by atoms with Gasteiger partial charge < -0.3 is 5.32 Å². The molecule has 9 heteroatoms. The number of nitrogens with zero attached hydrogens (tertiary/aromatic N) is 6. The van der Waals surface area contributed by atoms with Gasteiger partial charge in [-0.3, -0.25) is 14.6 Å². The van der Waals surface area contributed by atoms with Gasteiger partial charge in [-0.1, -0.05) is 6.07 Å². The fourth-order valence-corrected chi connectivity index (χ4v) is 1.91. The summed E-state index contributed by atoms with van der Waals surface area (Å²) in [7, 11) is 0. The zero-order valence-corrected chi connectivity index (χ0v) is 12.0. The molecule has 9 nitrogen and oxygen atoms in total. The van der Waals surface area contributed by atoms with Gasteiger partial charge in [-0.25, -0.2) is 14.3 Å². The van der Waals surface area contributed by atoms with Crippen LogP contribution in [0.5, 0.6) is 0 Å². The average molecular weight is 311 g/mol. The van der Waals surface area contributed by atoms with Crippen molar-refractivity contribution in [1.29, 1.82) is 0 Å². The molecule has 0 unspecified atom stereocenters. The van der Waals surface area contributed by atoms with E-state index in [1.165, 1.54) is 28.1 Å². The molecular formula is C14H13N7O2. The molecule has 0 saturated carbocycles. The number of carbonyl (C=O) groups is 1. The number of hydrogen-bond donors (Lipinski definition) is 1. The Bertz CT molecular complexity index is 843. The topological polar surface area (TPSA) is 108 Å². The van der Waals surface area contributed by atoms with Crippen molar-refractivity contribution in [3.05, 3.63) is 65.2 Å². The molecule has 0 aliphatic rings. The van der Waals surface area contributed by atoms with Crippen LogP contribution < -0.4 is 10.9 Å². The maximum Gasteiger partial charge on any atom is 0.269 e. The van der Waals surface area contributed by atoms with Gasteiger partial charge in [-0.05, 0) is 18.2 Å². The van der Waals surface area contributed by atoms with E-state index in [9.17, 15) is 9.59 Å². The molecular weight excluding hydrogens is 298 g/mol. The quantitative estimate of drug-likeness (QED) is 0.690. The van der Waals surface area contributed by atoms with Crippen LogP contribution in [0.4, 0.5) is 0 Å². The van der Waals surface area contributed by atoms with Gasteiger partial charge in [0, 0.05) is 18.8 Å². The van der Waals surface area contributed by atoms with Crippen LogP contribution in [0.1, 0.15) is 10.5 Å². The van der Waals surface area contributed by atoms with E-state index in [0.29, 0.717) is 11.5 Å². The van der Waals surface area contributed by atoms with E-state index in [0.717, 1.165) is 0 Å². The lowest BCUT2D eigenvalue weighted by Crippen LogP contribution is -2.32. The first-order valence-electron chi connectivity index (χ1n) is 6.86. The summed E-state index contributed by atoms with van der Waals surface area (Å²) in [5.41, 5.74) is 0.0603. The molecule has 3 aromatic heterocycles. The molecule has 0 spiro atoms. The largest absolute Gasteiger partial charge is 0.349 e. The number of nitrogens with one attached hydrogen (secondary N) is 1. The first kappa shape index (κ1) is 14.6. The van der Waals surface area contributed by atoms with Gasteiger partial charge in [0.05, 0.1) is 6.54 Å². The Labute approximate surface area is 130 Å². The molecule has 0 bridgehead atoms. The number of pyridine rings is 1. The van der Waals surface area contributed by atoms with Gasteiger partial charge in [-0.15, -0.1) is 5.10 Å². The Kier molecular flexibility index (Phi) is 4.18. The lowest BCUT2D eigenvalue weighted by molar-refractivity contribution is 0.0947. The van der Waals surface area contributed by atoms with Gasteiger partial charge in [0.2, 0.25) is 0 Å². The van der Waals surface area contributed by atoms with Crippen LogP contribution in [-0.2, 0) is 6.54 Å². The number of rotatable bonds is 5. The van der Waals surface area contributed by atoms with E-state index >= 15 is 0 Å². The SMILES string of the molecule is O=C(NCCn1nc(-n2cncn2)ccc1=O)c1ccccn1. The minimum atomic E-state index is -0.300. The monoisotopic (exact) mass is 311 g/mol. The Morgan fingerprint density at radius 2 is 2.13 bits per heavy atom. The third kappa shape index (κ3) is 3.46. The summed E-state index contributed by atoms with van der Waals surface area (Å²) in [6.07, 6.45) is 4.41. The van der Waals surface area contributed by atoms with Crippen molar-refractivity contribution in [1.82, 2.24) is 34.8 Å². The first-order valence-corrected chi connectivity index (χ1v) is 6.86. The summed E-state index contributed by atoms with van der Waals surface area (Å²) >= 11 is 0. The smallest absolute Gasteiger partial charge is 0.269 e. The Hall–Kier alpha value is -3.36. The van der Waals surface area contributed by atoms with E-state index in [1.807, 2.05) is 0 Å². The molecule has 23 heavy (non-hydrogen) atoms. The highest BCUT2D eigenvalue weighted by atomic mass is 16.2. The highest BCUT2D eigenvalue weighted by molar-refractivity contribution is 5.92. The molecule has 0 aromatic carbocycles. The summed E-state index contributed by atoms with van der Waals surface area (Å²) in [4.78, 5) is 31.5. The molecule has 0 fully saturated rings. The molecule has 0 aliphatic heterocycles. The maximum atomic E-state index is 11.9. The van der Waals surface area contributed by atoms with Gasteiger partial charge in [-0.2, -0.15) is 5.10 Å². The van der Waals surface area contributed by atoms with Gasteiger partial charge >= 0.3 is 0 Å².